The minimum absolute atomic E-state index is 0.0129. The summed E-state index contributed by atoms with van der Waals surface area (Å²) in [7, 11) is 0. The lowest BCUT2D eigenvalue weighted by molar-refractivity contribution is -0.0595. The van der Waals surface area contributed by atoms with E-state index in [1.165, 1.54) is 46.7 Å². The van der Waals surface area contributed by atoms with E-state index in [4.69, 9.17) is 161 Å². The third-order valence-corrected chi connectivity index (χ3v) is 34.0. The van der Waals surface area contributed by atoms with E-state index in [0.29, 0.717) is 21.9 Å². The number of pyridine rings is 1. The van der Waals surface area contributed by atoms with Crippen LogP contribution < -0.4 is 45.3 Å². The zero-order valence-corrected chi connectivity index (χ0v) is 78.0. The number of aromatic amines is 3. The summed E-state index contributed by atoms with van der Waals surface area (Å²) in [5, 5.41) is 19.5. The largest absolute Gasteiger partial charge is 0.386 e. The van der Waals surface area contributed by atoms with Gasteiger partial charge in [0.05, 0.1) is 78.9 Å². The van der Waals surface area contributed by atoms with E-state index in [2.05, 4.69) is 103 Å². The molecule has 12 aromatic rings. The molecule has 6 unspecified atom stereocenters. The fraction of sp³-hybridized carbons (Fsp3) is 0.500. The highest BCUT2D eigenvalue weighted by Gasteiger charge is 2.59. The molecule has 0 aromatic carbocycles. The smallest absolute Gasteiger partial charge is 0.383 e. The summed E-state index contributed by atoms with van der Waals surface area (Å²) in [4.78, 5) is 135. The van der Waals surface area contributed by atoms with Gasteiger partial charge in [0.25, 0.3) is 16.7 Å². The van der Waals surface area contributed by atoms with Crippen LogP contribution >= 0.6 is 76.2 Å². The quantitative estimate of drug-likeness (QED) is 0.0645. The summed E-state index contributed by atoms with van der Waals surface area (Å²) >= 11 is 31.8. The Labute approximate surface area is 774 Å². The zero-order valence-electron chi connectivity index (χ0n) is 66.1. The van der Waals surface area contributed by atoms with Crippen LogP contribution in [0.4, 0.5) is 51.3 Å². The number of rotatable bonds is 6. The zero-order chi connectivity index (χ0) is 93.8. The maximum Gasteiger partial charge on any atom is 0.386 e. The van der Waals surface area contributed by atoms with Crippen LogP contribution in [0.2, 0.25) is 0 Å². The van der Waals surface area contributed by atoms with Crippen LogP contribution in [0, 0.1) is 0 Å². The van der Waals surface area contributed by atoms with Gasteiger partial charge in [-0.15, -0.1) is 38.8 Å². The Kier molecular flexibility index (Phi) is 26.2. The van der Waals surface area contributed by atoms with Crippen molar-refractivity contribution in [3.05, 3.63) is 93.2 Å². The number of nitrogen functional groups attached to an aromatic ring is 5. The monoisotopic (exact) mass is 2130 g/mol. The maximum atomic E-state index is 16.0. The van der Waals surface area contributed by atoms with E-state index in [-0.39, 0.29) is 87.0 Å². The van der Waals surface area contributed by atoms with Crippen molar-refractivity contribution in [2.24, 2.45) is 0 Å². The van der Waals surface area contributed by atoms with Crippen molar-refractivity contribution >= 4 is 231 Å². The van der Waals surface area contributed by atoms with Gasteiger partial charge in [0, 0.05) is 25.0 Å². The SMILES string of the molecule is Nc1nc2c(nnn2[C@@H]2S[C@@H]3COP(O)(=S)O[C@H]4[C@H](F)[C@H](n5ccc6c(N)ncnc65)O[C@@H]4COP(=O)(S)O[C@@H]2[C@@H]3F)c(=O)[nH]1.Nc1nc2c(nnn2[C@@H]2S[C@@H]3COP(O)(=S)O[C@H]4[C@H](F)[C@H](n5nnc6c(N)ncnc65)O[C@@H]4COP(O)(=S)O[C@@H]2[C@@H]3F)c(=O)[nH]1.Nc1ncnc2c1ccn2[C@@H]1O[C@@H]2COP(O)(=S)O[C@@H]3C[C@@H](COP(O)(=S)O[C@H]2[C@@H]1F)O[C@H]3n1cnc2c(=O)[nH]ccc21. The van der Waals surface area contributed by atoms with Crippen molar-refractivity contribution in [1.29, 1.82) is 0 Å². The van der Waals surface area contributed by atoms with Gasteiger partial charge in [-0.2, -0.15) is 14.6 Å². The van der Waals surface area contributed by atoms with E-state index >= 15 is 22.0 Å². The highest BCUT2D eigenvalue weighted by atomic mass is 32.7. The van der Waals surface area contributed by atoms with E-state index in [9.17, 15) is 43.4 Å². The third kappa shape index (κ3) is 18.8. The Balaban J connectivity index is 0.000000129. The number of hydrogen-bond donors (Lipinski definition) is 14. The normalized spacial score (nSPS) is 37.5. The van der Waals surface area contributed by atoms with Gasteiger partial charge in [0.2, 0.25) is 11.9 Å². The van der Waals surface area contributed by atoms with Gasteiger partial charge in [0.1, 0.15) is 120 Å². The number of thioether (sulfide) groups is 2. The van der Waals surface area contributed by atoms with Crippen LogP contribution in [-0.2, 0) is 137 Å². The minimum Gasteiger partial charge on any atom is -0.383 e. The number of H-pyrrole nitrogens is 3. The molecule has 12 aromatic heterocycles. The third-order valence-electron chi connectivity index (χ3n) is 21.6. The predicted octanol–water partition coefficient (Wildman–Crippen LogP) is 2.26. The number of halogens is 5. The van der Waals surface area contributed by atoms with Crippen LogP contribution in [-0.4, -0.2) is 285 Å². The Bertz CT molecular complexity index is 6780. The lowest BCUT2D eigenvalue weighted by Gasteiger charge is -2.27. The second kappa shape index (κ2) is 36.7. The summed E-state index contributed by atoms with van der Waals surface area (Å²) in [6.45, 7) is -28.5. The molecule has 0 aliphatic carbocycles. The van der Waals surface area contributed by atoms with Crippen molar-refractivity contribution in [2.45, 2.75) is 144 Å². The molecule has 29 atom stereocenters. The number of ether oxygens (including phenoxy) is 4. The maximum absolute atomic E-state index is 16.0. The molecule has 18 N–H and O–H groups in total. The molecule has 9 fully saturated rings. The standard InChI is InChI=1S/C22H24FN7O9P2S2.C20H22F2N10O8P2S3.C18H20F2N12O8P2S3/c23-15-17-14(37-22(15)29-4-2-11-18(24)26-8-27-19(11)29)7-35-40(32,42)38-13-5-10(6-34-41(33,43)39-17)36-21(13)30-9-28-16-12(30)1-3-25-20(16)31;21-9-8-4-37-42(35,44)39-12-7(38-18(10(12)22)31-2-1-6-14(23)25-5-26-15(6)31)3-36-41(34,43)40-13(9)19(45-8)32-16-11(29-30-32)17(33)28-20(24)27-16;19-6-5-2-37-42(35,44)39-10-4(38-16(7(10)20)31-13-8(27-29-31)12(21)23-3-24-13)1-36-41(34,43)40-11(6)17(45-5)32-14-9(28-30-32)15(33)26-18(22)25-14/h1-4,8-10,13-15,17,21-22H,5-7H2,(H,25,31)(H,32,42)(H,33,43)(H2,24,26,27);1-2,5,7-10,12-13,18-19H,3-4H2,(H,34,43)(H,35,44)(H2,23,25,26)(H3,24,27,28,33);3-7,10-11,16-17H,1-2H2,(H,34,43)(H,35,44)(H2,21,23,24)(H3,22,25,26,33)/t10-,13+,14+,15-,17+,21+,22+,40?,41?;7-,8-,9-,10+,12-,13-,18-,19-,41?,42?;4-,5-,6-,7+,10-,11-,16-,17-,41?,42?/m011/s1. The van der Waals surface area contributed by atoms with Crippen LogP contribution in [0.3, 0.4) is 0 Å². The lowest BCUT2D eigenvalue weighted by atomic mass is 10.1. The Morgan fingerprint density at radius 2 is 0.865 bits per heavy atom. The molecule has 54 nitrogen and oxygen atoms in total. The minimum atomic E-state index is -4.44. The van der Waals surface area contributed by atoms with Crippen LogP contribution in [0.5, 0.6) is 0 Å². The molecule has 21 rings (SSSR count). The first-order valence-electron chi connectivity index (χ1n) is 38.4. The molecular weight excluding hydrogens is 2060 g/mol. The number of thiol groups is 1. The number of anilines is 5. The average Bonchev–Trinajstić information content (AvgIpc) is 1.62. The number of hydrogen-bond acceptors (Lipinski definition) is 47. The van der Waals surface area contributed by atoms with Crippen molar-refractivity contribution in [2.75, 3.05) is 68.3 Å². The fourth-order valence-electron chi connectivity index (χ4n) is 15.7. The second-order valence-corrected chi connectivity index (χ2v) is 49.5. The Morgan fingerprint density at radius 1 is 0.436 bits per heavy atom. The summed E-state index contributed by atoms with van der Waals surface area (Å²) in [5.74, 6) is -0.169. The molecule has 0 saturated carbocycles. The molecule has 9 aliphatic rings. The Morgan fingerprint density at radius 3 is 1.38 bits per heavy atom. The van der Waals surface area contributed by atoms with Crippen LogP contribution in [0.25, 0.3) is 66.6 Å². The molecule has 133 heavy (non-hydrogen) atoms. The fourth-order valence-corrected chi connectivity index (χ4v) is 27.6. The lowest BCUT2D eigenvalue weighted by Crippen LogP contribution is -2.34. The van der Waals surface area contributed by atoms with Crippen LogP contribution in [0.15, 0.2) is 76.5 Å². The van der Waals surface area contributed by atoms with E-state index < -0.39 is 228 Å². The summed E-state index contributed by atoms with van der Waals surface area (Å²) in [6.07, 6.45) is -18.8. The van der Waals surface area contributed by atoms with Crippen molar-refractivity contribution < 1.29 is 124 Å². The molecule has 9 aliphatic heterocycles. The van der Waals surface area contributed by atoms with Gasteiger partial charge in [-0.05, 0) is 77.2 Å². The summed E-state index contributed by atoms with van der Waals surface area (Å²) in [6, 6.07) is 4.81. The number of alkyl halides is 5. The molecule has 73 heteroatoms. The highest BCUT2D eigenvalue weighted by Crippen LogP contribution is 2.63. The van der Waals surface area contributed by atoms with Crippen molar-refractivity contribution in [3.63, 3.8) is 0 Å². The number of imidazole rings is 1. The summed E-state index contributed by atoms with van der Waals surface area (Å²) < 4.78 is 192. The van der Waals surface area contributed by atoms with Gasteiger partial charge < -0.3 is 118 Å². The molecule has 6 bridgehead atoms. The highest BCUT2D eigenvalue weighted by molar-refractivity contribution is 8.44. The van der Waals surface area contributed by atoms with Gasteiger partial charge >= 0.3 is 40.4 Å². The average molecular weight is 2130 g/mol. The first-order valence-corrected chi connectivity index (χ1v) is 56.0. The van der Waals surface area contributed by atoms with Gasteiger partial charge in [-0.1, -0.05) is 27.9 Å². The first kappa shape index (κ1) is 95.0. The van der Waals surface area contributed by atoms with Crippen molar-refractivity contribution in [3.8, 4) is 0 Å². The molecular formula is C60H66F5N29O25P6S8. The van der Waals surface area contributed by atoms with Gasteiger partial charge in [-0.25, -0.2) is 70.8 Å². The number of aromatic nitrogens is 24. The number of nitrogens with two attached hydrogens (primary N) is 5. The number of nitrogens with zero attached hydrogens (tertiary/aromatic N) is 21. The molecule has 0 radical (unpaired) electrons. The summed E-state index contributed by atoms with van der Waals surface area (Å²) in [5.41, 5.74) is 27.9. The number of fused-ring (bicyclic) bond motifs is 15. The predicted molar refractivity (Wildman–Crippen MR) is 472 cm³/mol. The van der Waals surface area contributed by atoms with Gasteiger partial charge in [0.15, 0.2) is 88.3 Å². The topological polar surface area (TPSA) is 718 Å². The van der Waals surface area contributed by atoms with Crippen molar-refractivity contribution in [1.82, 2.24) is 118 Å². The second-order valence-electron chi connectivity index (χ2n) is 29.9. The molecule has 0 spiro atoms. The molecule has 714 valence electrons. The first-order chi connectivity index (χ1) is 63.1. The number of nitrogens with one attached hydrogen (secondary N) is 3. The van der Waals surface area contributed by atoms with E-state index in [1.807, 2.05) is 0 Å². The Hall–Kier alpha value is -6.96. The van der Waals surface area contributed by atoms with E-state index in [1.54, 1.807) is 22.8 Å². The van der Waals surface area contributed by atoms with E-state index in [0.717, 1.165) is 43.9 Å². The molecule has 9 saturated heterocycles. The molecule has 0 amide bonds. The van der Waals surface area contributed by atoms with Crippen LogP contribution in [0.1, 0.15) is 42.1 Å². The van der Waals surface area contributed by atoms with Gasteiger partial charge in [-0.3, -0.25) is 51.5 Å². The molecule has 21 heterocycles.